The van der Waals surface area contributed by atoms with Crippen molar-refractivity contribution in [3.05, 3.63) is 0 Å². The van der Waals surface area contributed by atoms with E-state index >= 15 is 0 Å². The monoisotopic (exact) mass is 251 g/mol. The third kappa shape index (κ3) is 1.70. The number of carbonyl (C=O) groups is 1. The van der Waals surface area contributed by atoms with Crippen molar-refractivity contribution in [2.75, 3.05) is 6.61 Å². The summed E-state index contributed by atoms with van der Waals surface area (Å²) in [5.74, 6) is 0.802. The number of aliphatic hydroxyl groups is 1. The standard InChI is InChI=1S/C15H25NO2/c1-3-13-4-12-5-14(7-13,10-17)9-15(6-12,8-13)16-11(2)18/h12,17H,3-10H2,1-2H3,(H,16,18). The Hall–Kier alpha value is -0.570. The van der Waals surface area contributed by atoms with Crippen molar-refractivity contribution in [1.82, 2.24) is 5.32 Å². The van der Waals surface area contributed by atoms with Gasteiger partial charge in [0.2, 0.25) is 5.91 Å². The molecule has 0 radical (unpaired) electrons. The molecule has 2 N–H and O–H groups in total. The first kappa shape index (κ1) is 12.5. The van der Waals surface area contributed by atoms with Crippen LogP contribution in [0.1, 0.15) is 58.8 Å². The van der Waals surface area contributed by atoms with Gasteiger partial charge in [0.1, 0.15) is 0 Å². The van der Waals surface area contributed by atoms with Gasteiger partial charge in [0.25, 0.3) is 0 Å². The number of hydrogen-bond acceptors (Lipinski definition) is 2. The summed E-state index contributed by atoms with van der Waals surface area (Å²) in [7, 11) is 0. The molecule has 3 nitrogen and oxygen atoms in total. The Kier molecular flexibility index (Phi) is 2.58. The third-order valence-corrected chi connectivity index (χ3v) is 5.83. The first-order valence-corrected chi connectivity index (χ1v) is 7.34. The molecular formula is C15H25NO2. The molecule has 1 amide bonds. The van der Waals surface area contributed by atoms with E-state index in [0.29, 0.717) is 17.9 Å². The van der Waals surface area contributed by atoms with Gasteiger partial charge < -0.3 is 10.4 Å². The molecule has 0 spiro atoms. The van der Waals surface area contributed by atoms with Crippen LogP contribution in [-0.4, -0.2) is 23.2 Å². The summed E-state index contributed by atoms with van der Waals surface area (Å²) in [5.41, 5.74) is 0.465. The summed E-state index contributed by atoms with van der Waals surface area (Å²) < 4.78 is 0. The Morgan fingerprint density at radius 1 is 1.22 bits per heavy atom. The van der Waals surface area contributed by atoms with E-state index in [-0.39, 0.29) is 16.9 Å². The van der Waals surface area contributed by atoms with Gasteiger partial charge in [-0.2, -0.15) is 0 Å². The van der Waals surface area contributed by atoms with E-state index in [1.54, 1.807) is 6.92 Å². The van der Waals surface area contributed by atoms with Crippen molar-refractivity contribution in [3.63, 3.8) is 0 Å². The van der Waals surface area contributed by atoms with E-state index in [4.69, 9.17) is 0 Å². The van der Waals surface area contributed by atoms with E-state index in [2.05, 4.69) is 12.2 Å². The van der Waals surface area contributed by atoms with Crippen molar-refractivity contribution >= 4 is 5.91 Å². The molecule has 4 saturated carbocycles. The summed E-state index contributed by atoms with van der Waals surface area (Å²) in [6, 6.07) is 0. The molecule has 0 aromatic carbocycles. The van der Waals surface area contributed by atoms with Gasteiger partial charge in [-0.1, -0.05) is 13.3 Å². The lowest BCUT2D eigenvalue weighted by Crippen LogP contribution is -2.66. The van der Waals surface area contributed by atoms with Gasteiger partial charge >= 0.3 is 0 Å². The van der Waals surface area contributed by atoms with Crippen molar-refractivity contribution in [2.24, 2.45) is 16.7 Å². The summed E-state index contributed by atoms with van der Waals surface area (Å²) >= 11 is 0. The Bertz CT molecular complexity index is 359. The highest BCUT2D eigenvalue weighted by Crippen LogP contribution is 2.67. The van der Waals surface area contributed by atoms with Gasteiger partial charge in [-0.25, -0.2) is 0 Å². The maximum Gasteiger partial charge on any atom is 0.217 e. The minimum Gasteiger partial charge on any atom is -0.396 e. The largest absolute Gasteiger partial charge is 0.396 e. The van der Waals surface area contributed by atoms with Gasteiger partial charge in [0, 0.05) is 19.1 Å². The molecule has 4 unspecified atom stereocenters. The number of nitrogens with one attached hydrogen (secondary N) is 1. The molecule has 4 bridgehead atoms. The van der Waals surface area contributed by atoms with E-state index in [9.17, 15) is 9.90 Å². The molecule has 4 atom stereocenters. The Morgan fingerprint density at radius 3 is 2.50 bits per heavy atom. The molecule has 4 aliphatic carbocycles. The molecular weight excluding hydrogens is 226 g/mol. The van der Waals surface area contributed by atoms with Gasteiger partial charge in [-0.3, -0.25) is 4.79 Å². The lowest BCUT2D eigenvalue weighted by molar-refractivity contribution is -0.157. The summed E-state index contributed by atoms with van der Waals surface area (Å²) in [5, 5.41) is 13.1. The van der Waals surface area contributed by atoms with Crippen LogP contribution in [0.4, 0.5) is 0 Å². The second kappa shape index (κ2) is 3.72. The van der Waals surface area contributed by atoms with Crippen LogP contribution < -0.4 is 5.32 Å². The number of hydrogen-bond donors (Lipinski definition) is 2. The van der Waals surface area contributed by atoms with Gasteiger partial charge in [-0.05, 0) is 55.3 Å². The first-order valence-electron chi connectivity index (χ1n) is 7.34. The Balaban J connectivity index is 1.96. The predicted molar refractivity (Wildman–Crippen MR) is 70.0 cm³/mol. The third-order valence-electron chi connectivity index (χ3n) is 5.83. The first-order chi connectivity index (χ1) is 8.44. The minimum absolute atomic E-state index is 0.00993. The zero-order chi connectivity index (χ0) is 13.0. The highest BCUT2D eigenvalue weighted by molar-refractivity contribution is 5.74. The number of aliphatic hydroxyl groups excluding tert-OH is 1. The predicted octanol–water partition coefficient (Wildman–Crippen LogP) is 2.23. The Labute approximate surface area is 109 Å². The summed E-state index contributed by atoms with van der Waals surface area (Å²) in [6.45, 7) is 4.20. The highest BCUT2D eigenvalue weighted by Gasteiger charge is 2.62. The quantitative estimate of drug-likeness (QED) is 0.808. The number of rotatable bonds is 3. The molecule has 0 aromatic rings. The zero-order valence-electron chi connectivity index (χ0n) is 11.6. The van der Waals surface area contributed by atoms with E-state index in [1.165, 1.54) is 25.7 Å². The smallest absolute Gasteiger partial charge is 0.217 e. The summed E-state index contributed by atoms with van der Waals surface area (Å²) in [4.78, 5) is 11.5. The maximum absolute atomic E-state index is 11.5. The van der Waals surface area contributed by atoms with E-state index in [0.717, 1.165) is 19.3 Å². The molecule has 4 aliphatic rings. The van der Waals surface area contributed by atoms with Crippen LogP contribution in [0, 0.1) is 16.7 Å². The molecule has 4 rings (SSSR count). The van der Waals surface area contributed by atoms with Crippen LogP contribution in [0.3, 0.4) is 0 Å². The second-order valence-corrected chi connectivity index (χ2v) is 7.48. The number of carbonyl (C=O) groups excluding carboxylic acids is 1. The molecule has 4 fully saturated rings. The fraction of sp³-hybridized carbons (Fsp3) is 0.933. The Morgan fingerprint density at radius 2 is 1.89 bits per heavy atom. The normalized spacial score (nSPS) is 49.4. The molecule has 0 aliphatic heterocycles. The van der Waals surface area contributed by atoms with Crippen LogP contribution in [0.2, 0.25) is 0 Å². The molecule has 0 heterocycles. The lowest BCUT2D eigenvalue weighted by Gasteiger charge is -2.66. The van der Waals surface area contributed by atoms with Crippen LogP contribution in [0.5, 0.6) is 0 Å². The molecule has 0 saturated heterocycles. The van der Waals surface area contributed by atoms with Crippen molar-refractivity contribution in [1.29, 1.82) is 0 Å². The van der Waals surface area contributed by atoms with Gasteiger partial charge in [0.05, 0.1) is 0 Å². The van der Waals surface area contributed by atoms with E-state index in [1.807, 2.05) is 0 Å². The second-order valence-electron chi connectivity index (χ2n) is 7.48. The van der Waals surface area contributed by atoms with Crippen molar-refractivity contribution in [2.45, 2.75) is 64.3 Å². The van der Waals surface area contributed by atoms with Crippen molar-refractivity contribution < 1.29 is 9.90 Å². The zero-order valence-corrected chi connectivity index (χ0v) is 11.6. The fourth-order valence-corrected chi connectivity index (χ4v) is 5.93. The van der Waals surface area contributed by atoms with Crippen LogP contribution in [0.25, 0.3) is 0 Å². The fourth-order valence-electron chi connectivity index (χ4n) is 5.93. The van der Waals surface area contributed by atoms with Crippen LogP contribution >= 0.6 is 0 Å². The average molecular weight is 251 g/mol. The highest BCUT2D eigenvalue weighted by atomic mass is 16.3. The van der Waals surface area contributed by atoms with E-state index < -0.39 is 0 Å². The molecule has 3 heteroatoms. The summed E-state index contributed by atoms with van der Waals surface area (Å²) in [6.07, 6.45) is 8.11. The van der Waals surface area contributed by atoms with Gasteiger partial charge in [-0.15, -0.1) is 0 Å². The number of amides is 1. The van der Waals surface area contributed by atoms with Crippen LogP contribution in [-0.2, 0) is 4.79 Å². The molecule has 18 heavy (non-hydrogen) atoms. The molecule has 0 aromatic heterocycles. The SMILES string of the molecule is CCC12CC3CC(CO)(C1)CC(NC(C)=O)(C3)C2. The topological polar surface area (TPSA) is 49.3 Å². The average Bonchev–Trinajstić information content (AvgIpc) is 2.25. The minimum atomic E-state index is -0.00993. The van der Waals surface area contributed by atoms with Gasteiger partial charge in [0.15, 0.2) is 0 Å². The van der Waals surface area contributed by atoms with Crippen molar-refractivity contribution in [3.8, 4) is 0 Å². The lowest BCUT2D eigenvalue weighted by atomic mass is 9.41. The molecule has 102 valence electrons. The van der Waals surface area contributed by atoms with Crippen LogP contribution in [0.15, 0.2) is 0 Å². The maximum atomic E-state index is 11.5.